The molecule has 1 aromatic carbocycles. The van der Waals surface area contributed by atoms with Crippen LogP contribution in [0, 0.1) is 0 Å². The molecular formula is C14H17BrN4O. The summed E-state index contributed by atoms with van der Waals surface area (Å²) in [5.41, 5.74) is 2.49. The van der Waals surface area contributed by atoms with Crippen LogP contribution in [0.2, 0.25) is 0 Å². The maximum atomic E-state index is 5.66. The summed E-state index contributed by atoms with van der Waals surface area (Å²) in [4.78, 5) is 1.62. The van der Waals surface area contributed by atoms with Crippen LogP contribution in [-0.4, -0.2) is 26.8 Å². The number of ether oxygens (including phenoxy) is 1. The van der Waals surface area contributed by atoms with Crippen LogP contribution in [-0.2, 0) is 16.5 Å². The largest absolute Gasteiger partial charge is 0.355 e. The van der Waals surface area contributed by atoms with Gasteiger partial charge in [0, 0.05) is 18.4 Å². The van der Waals surface area contributed by atoms with Gasteiger partial charge in [0.2, 0.25) is 0 Å². The fraction of sp³-hybridized carbons (Fsp3) is 0.500. The molecule has 0 bridgehead atoms. The fourth-order valence-electron chi connectivity index (χ4n) is 2.38. The number of alkyl halides is 1. The third-order valence-corrected chi connectivity index (χ3v) is 4.10. The Balaban J connectivity index is 1.73. The Bertz CT molecular complexity index is 566. The van der Waals surface area contributed by atoms with E-state index in [0.29, 0.717) is 6.42 Å². The van der Waals surface area contributed by atoms with Crippen molar-refractivity contribution in [1.82, 2.24) is 20.2 Å². The average molecular weight is 337 g/mol. The van der Waals surface area contributed by atoms with Crippen molar-refractivity contribution in [3.63, 3.8) is 0 Å². The molecule has 0 saturated carbocycles. The summed E-state index contributed by atoms with van der Waals surface area (Å²) in [5.74, 6) is 0.743. The smallest absolute Gasteiger partial charge is 0.179 e. The summed E-state index contributed by atoms with van der Waals surface area (Å²) in [5, 5.41) is 13.6. The van der Waals surface area contributed by atoms with Gasteiger partial charge >= 0.3 is 0 Å². The third-order valence-electron chi connectivity index (χ3n) is 3.49. The lowest BCUT2D eigenvalue weighted by Crippen LogP contribution is -2.20. The van der Waals surface area contributed by atoms with E-state index in [4.69, 9.17) is 4.74 Å². The van der Waals surface area contributed by atoms with Gasteiger partial charge in [0.15, 0.2) is 12.1 Å². The van der Waals surface area contributed by atoms with Crippen molar-refractivity contribution >= 4 is 15.9 Å². The van der Waals surface area contributed by atoms with Crippen molar-refractivity contribution in [2.24, 2.45) is 0 Å². The summed E-state index contributed by atoms with van der Waals surface area (Å²) < 4.78 is 5.66. The first-order chi connectivity index (χ1) is 9.86. The van der Waals surface area contributed by atoms with Gasteiger partial charge in [-0.3, -0.25) is 0 Å². The topological polar surface area (TPSA) is 52.8 Å². The number of hydrogen-bond donors (Lipinski definition) is 0. The van der Waals surface area contributed by atoms with E-state index in [-0.39, 0.29) is 6.23 Å². The number of halogens is 1. The van der Waals surface area contributed by atoms with E-state index in [9.17, 15) is 0 Å². The van der Waals surface area contributed by atoms with Gasteiger partial charge in [-0.05, 0) is 35.6 Å². The molecule has 1 aromatic heterocycles. The van der Waals surface area contributed by atoms with Crippen LogP contribution >= 0.6 is 15.9 Å². The molecule has 1 fully saturated rings. The standard InChI is InChI=1S/C14H17BrN4O/c15-10-12-6-2-1-5-11(12)9-13-16-18-19(17-13)14-7-3-4-8-20-14/h1-2,5-6,14H,3-4,7-10H2. The van der Waals surface area contributed by atoms with Crippen LogP contribution in [0.15, 0.2) is 24.3 Å². The zero-order valence-corrected chi connectivity index (χ0v) is 12.8. The van der Waals surface area contributed by atoms with E-state index in [1.807, 2.05) is 12.1 Å². The Morgan fingerprint density at radius 2 is 2.10 bits per heavy atom. The summed E-state index contributed by atoms with van der Waals surface area (Å²) in [6.07, 6.45) is 3.91. The first-order valence-corrected chi connectivity index (χ1v) is 8.01. The highest BCUT2D eigenvalue weighted by Crippen LogP contribution is 2.21. The minimum atomic E-state index is -0.0450. The molecule has 106 valence electrons. The van der Waals surface area contributed by atoms with Crippen molar-refractivity contribution in [3.8, 4) is 0 Å². The number of hydrogen-bond acceptors (Lipinski definition) is 4. The van der Waals surface area contributed by atoms with Gasteiger partial charge in [-0.2, -0.15) is 0 Å². The third kappa shape index (κ3) is 3.07. The Morgan fingerprint density at radius 3 is 2.85 bits per heavy atom. The van der Waals surface area contributed by atoms with Gasteiger partial charge in [-0.25, -0.2) is 0 Å². The highest BCUT2D eigenvalue weighted by Gasteiger charge is 2.18. The molecule has 1 aliphatic rings. The molecule has 3 rings (SSSR count). The number of rotatable bonds is 4. The maximum absolute atomic E-state index is 5.66. The first kappa shape index (κ1) is 13.7. The van der Waals surface area contributed by atoms with E-state index in [2.05, 4.69) is 43.5 Å². The lowest BCUT2D eigenvalue weighted by Gasteiger charge is -2.20. The normalized spacial score (nSPS) is 19.1. The van der Waals surface area contributed by atoms with E-state index in [1.165, 1.54) is 11.1 Å². The van der Waals surface area contributed by atoms with Gasteiger partial charge in [-0.15, -0.1) is 15.0 Å². The Hall–Kier alpha value is -1.27. The molecule has 0 amide bonds. The number of tetrazole rings is 1. The second-order valence-electron chi connectivity index (χ2n) is 4.93. The molecular weight excluding hydrogens is 320 g/mol. The first-order valence-electron chi connectivity index (χ1n) is 6.89. The van der Waals surface area contributed by atoms with Crippen molar-refractivity contribution in [2.75, 3.05) is 6.61 Å². The highest BCUT2D eigenvalue weighted by atomic mass is 79.9. The molecule has 1 atom stereocenters. The highest BCUT2D eigenvalue weighted by molar-refractivity contribution is 9.08. The van der Waals surface area contributed by atoms with Crippen LogP contribution in [0.5, 0.6) is 0 Å². The number of benzene rings is 1. The molecule has 1 unspecified atom stereocenters. The second-order valence-corrected chi connectivity index (χ2v) is 5.49. The van der Waals surface area contributed by atoms with Crippen LogP contribution < -0.4 is 0 Å². The van der Waals surface area contributed by atoms with Crippen LogP contribution in [0.3, 0.4) is 0 Å². The SMILES string of the molecule is BrCc1ccccc1Cc1nnn(C2CCCCO2)n1. The molecule has 0 N–H and O–H groups in total. The number of aromatic nitrogens is 4. The molecule has 20 heavy (non-hydrogen) atoms. The van der Waals surface area contributed by atoms with Crippen LogP contribution in [0.25, 0.3) is 0 Å². The molecule has 6 heteroatoms. The monoisotopic (exact) mass is 336 g/mol. The van der Waals surface area contributed by atoms with Gasteiger partial charge in [-0.1, -0.05) is 40.2 Å². The molecule has 0 spiro atoms. The lowest BCUT2D eigenvalue weighted by atomic mass is 10.1. The maximum Gasteiger partial charge on any atom is 0.179 e. The van der Waals surface area contributed by atoms with Gasteiger partial charge in [0.25, 0.3) is 0 Å². The summed E-state index contributed by atoms with van der Waals surface area (Å²) in [7, 11) is 0. The zero-order chi connectivity index (χ0) is 13.8. The molecule has 2 aromatic rings. The summed E-state index contributed by atoms with van der Waals surface area (Å²) in [6, 6.07) is 8.30. The van der Waals surface area contributed by atoms with E-state index >= 15 is 0 Å². The van der Waals surface area contributed by atoms with Gasteiger partial charge < -0.3 is 4.74 Å². The Kier molecular flexibility index (Phi) is 4.42. The Labute approximate surface area is 126 Å². The van der Waals surface area contributed by atoms with Crippen molar-refractivity contribution in [1.29, 1.82) is 0 Å². The van der Waals surface area contributed by atoms with E-state index in [1.54, 1.807) is 4.80 Å². The molecule has 0 aliphatic carbocycles. The molecule has 5 nitrogen and oxygen atoms in total. The fourth-order valence-corrected chi connectivity index (χ4v) is 2.93. The summed E-state index contributed by atoms with van der Waals surface area (Å²) >= 11 is 3.51. The van der Waals surface area contributed by atoms with Gasteiger partial charge in [0.1, 0.15) is 0 Å². The minimum absolute atomic E-state index is 0.0450. The van der Waals surface area contributed by atoms with E-state index < -0.39 is 0 Å². The quantitative estimate of drug-likeness (QED) is 0.805. The average Bonchev–Trinajstić information content (AvgIpc) is 2.97. The van der Waals surface area contributed by atoms with Crippen LogP contribution in [0.1, 0.15) is 42.4 Å². The van der Waals surface area contributed by atoms with Crippen LogP contribution in [0.4, 0.5) is 0 Å². The molecule has 0 radical (unpaired) electrons. The van der Waals surface area contributed by atoms with Gasteiger partial charge in [0.05, 0.1) is 0 Å². The second kappa shape index (κ2) is 6.45. The molecule has 1 saturated heterocycles. The molecule has 1 aliphatic heterocycles. The predicted octanol–water partition coefficient (Wildman–Crippen LogP) is 2.86. The van der Waals surface area contributed by atoms with Crippen molar-refractivity contribution < 1.29 is 4.74 Å². The predicted molar refractivity (Wildman–Crippen MR) is 78.5 cm³/mol. The molecule has 2 heterocycles. The Morgan fingerprint density at radius 1 is 1.25 bits per heavy atom. The lowest BCUT2D eigenvalue weighted by molar-refractivity contribution is -0.0490. The van der Waals surface area contributed by atoms with Crippen molar-refractivity contribution in [3.05, 3.63) is 41.2 Å². The number of nitrogens with zero attached hydrogens (tertiary/aromatic N) is 4. The summed E-state index contributed by atoms with van der Waals surface area (Å²) in [6.45, 7) is 0.786. The van der Waals surface area contributed by atoms with E-state index in [0.717, 1.165) is 37.0 Å². The minimum Gasteiger partial charge on any atom is -0.355 e. The van der Waals surface area contributed by atoms with Crippen molar-refractivity contribution in [2.45, 2.75) is 37.2 Å². The zero-order valence-electron chi connectivity index (χ0n) is 11.2.